The number of aliphatic carboxylic acids is 1. The molecule has 0 fully saturated rings. The number of carbonyl (C=O) groups is 1. The van der Waals surface area contributed by atoms with E-state index in [-0.39, 0.29) is 12.6 Å². The van der Waals surface area contributed by atoms with Crippen LogP contribution < -0.4 is 5.32 Å². The molecular weight excluding hydrogens is 196 g/mol. The highest BCUT2D eigenvalue weighted by Crippen LogP contribution is 2.02. The summed E-state index contributed by atoms with van der Waals surface area (Å²) < 4.78 is 0. The summed E-state index contributed by atoms with van der Waals surface area (Å²) >= 11 is 0. The molecule has 0 radical (unpaired) electrons. The summed E-state index contributed by atoms with van der Waals surface area (Å²) in [5, 5.41) is 21.1. The fraction of sp³-hybridized carbons (Fsp3) is 0.900. The molecule has 0 bridgehead atoms. The first-order chi connectivity index (χ1) is 6.75. The lowest BCUT2D eigenvalue weighted by Gasteiger charge is -2.22. The van der Waals surface area contributed by atoms with Crippen LogP contribution >= 0.6 is 0 Å². The molecule has 0 aliphatic heterocycles. The Kier molecular flexibility index (Phi) is 5.79. The lowest BCUT2D eigenvalue weighted by Crippen LogP contribution is -2.47. The van der Waals surface area contributed by atoms with Crippen LogP contribution in [0, 0.1) is 0 Å². The van der Waals surface area contributed by atoms with Gasteiger partial charge in [-0.15, -0.1) is 0 Å². The number of carboxylic acids is 1. The summed E-state index contributed by atoms with van der Waals surface area (Å²) in [7, 11) is 3.97. The van der Waals surface area contributed by atoms with Gasteiger partial charge in [0.1, 0.15) is 0 Å². The van der Waals surface area contributed by atoms with Gasteiger partial charge < -0.3 is 20.4 Å². The summed E-state index contributed by atoms with van der Waals surface area (Å²) in [5.41, 5.74) is -1.69. The molecule has 3 N–H and O–H groups in total. The second-order valence-electron chi connectivity index (χ2n) is 4.45. The maximum Gasteiger partial charge on any atom is 0.336 e. The van der Waals surface area contributed by atoms with Crippen LogP contribution in [0.5, 0.6) is 0 Å². The molecule has 90 valence electrons. The van der Waals surface area contributed by atoms with E-state index in [2.05, 4.69) is 10.2 Å². The van der Waals surface area contributed by atoms with Gasteiger partial charge in [-0.2, -0.15) is 0 Å². The Hall–Kier alpha value is -0.650. The van der Waals surface area contributed by atoms with Gasteiger partial charge in [-0.1, -0.05) is 0 Å². The molecule has 0 amide bonds. The highest BCUT2D eigenvalue weighted by molar-refractivity contribution is 5.76. The van der Waals surface area contributed by atoms with E-state index in [1.54, 1.807) is 0 Å². The Balaban J connectivity index is 3.80. The summed E-state index contributed by atoms with van der Waals surface area (Å²) in [6.07, 6.45) is 0.919. The van der Waals surface area contributed by atoms with E-state index >= 15 is 0 Å². The van der Waals surface area contributed by atoms with Crippen LogP contribution in [0.15, 0.2) is 0 Å². The van der Waals surface area contributed by atoms with Gasteiger partial charge in [0.25, 0.3) is 0 Å². The number of nitrogens with one attached hydrogen (secondary N) is 1. The van der Waals surface area contributed by atoms with Crippen molar-refractivity contribution in [2.75, 3.05) is 27.2 Å². The highest BCUT2D eigenvalue weighted by atomic mass is 16.4. The summed E-state index contributed by atoms with van der Waals surface area (Å²) in [4.78, 5) is 12.7. The maximum absolute atomic E-state index is 10.6. The number of carboxylic acid groups (broad SMARTS) is 1. The quantitative estimate of drug-likeness (QED) is 0.549. The SMILES string of the molecule is CC(CCN(C)C)NCC(C)(O)C(=O)O. The van der Waals surface area contributed by atoms with Crippen LogP contribution in [0.25, 0.3) is 0 Å². The minimum Gasteiger partial charge on any atom is -0.479 e. The fourth-order valence-corrected chi connectivity index (χ4v) is 1.00. The molecule has 0 rings (SSSR count). The average molecular weight is 218 g/mol. The van der Waals surface area contributed by atoms with Crippen molar-refractivity contribution in [3.8, 4) is 0 Å². The first kappa shape index (κ1) is 14.3. The lowest BCUT2D eigenvalue weighted by molar-refractivity contribution is -0.156. The molecular formula is C10H22N2O3. The maximum atomic E-state index is 10.6. The second-order valence-corrected chi connectivity index (χ2v) is 4.45. The minimum absolute atomic E-state index is 0.0664. The van der Waals surface area contributed by atoms with Crippen molar-refractivity contribution in [3.63, 3.8) is 0 Å². The topological polar surface area (TPSA) is 72.8 Å². The number of aliphatic hydroxyl groups is 1. The first-order valence-electron chi connectivity index (χ1n) is 5.09. The van der Waals surface area contributed by atoms with Gasteiger partial charge in [0, 0.05) is 12.6 Å². The van der Waals surface area contributed by atoms with Crippen LogP contribution in [-0.2, 0) is 4.79 Å². The predicted molar refractivity (Wildman–Crippen MR) is 58.9 cm³/mol. The Morgan fingerprint density at radius 3 is 2.47 bits per heavy atom. The number of hydrogen-bond donors (Lipinski definition) is 3. The van der Waals surface area contributed by atoms with Crippen molar-refractivity contribution >= 4 is 5.97 Å². The zero-order valence-electron chi connectivity index (χ0n) is 9.95. The standard InChI is InChI=1S/C10H22N2O3/c1-8(5-6-12(3)4)11-7-10(2,15)9(13)14/h8,11,15H,5-7H2,1-4H3,(H,13,14). The van der Waals surface area contributed by atoms with Crippen LogP contribution in [0.3, 0.4) is 0 Å². The molecule has 0 aliphatic rings. The summed E-state index contributed by atoms with van der Waals surface area (Å²) in [5.74, 6) is -1.20. The molecule has 0 aromatic rings. The molecule has 15 heavy (non-hydrogen) atoms. The third-order valence-corrected chi connectivity index (χ3v) is 2.26. The van der Waals surface area contributed by atoms with Gasteiger partial charge in [0.05, 0.1) is 0 Å². The number of rotatable bonds is 7. The molecule has 0 saturated heterocycles. The molecule has 5 heteroatoms. The van der Waals surface area contributed by atoms with E-state index < -0.39 is 11.6 Å². The Labute approximate surface area is 91.1 Å². The highest BCUT2D eigenvalue weighted by Gasteiger charge is 2.29. The van der Waals surface area contributed by atoms with Gasteiger partial charge in [-0.25, -0.2) is 4.79 Å². The van der Waals surface area contributed by atoms with Crippen LogP contribution in [0.2, 0.25) is 0 Å². The van der Waals surface area contributed by atoms with Crippen molar-refractivity contribution in [2.24, 2.45) is 0 Å². The smallest absolute Gasteiger partial charge is 0.336 e. The van der Waals surface area contributed by atoms with Crippen molar-refractivity contribution in [3.05, 3.63) is 0 Å². The van der Waals surface area contributed by atoms with Crippen molar-refractivity contribution in [1.82, 2.24) is 10.2 Å². The van der Waals surface area contributed by atoms with E-state index in [0.717, 1.165) is 13.0 Å². The summed E-state index contributed by atoms with van der Waals surface area (Å²) in [6.45, 7) is 4.27. The molecule has 5 nitrogen and oxygen atoms in total. The third kappa shape index (κ3) is 6.43. The zero-order chi connectivity index (χ0) is 12.1. The second kappa shape index (κ2) is 6.05. The van der Waals surface area contributed by atoms with Crippen molar-refractivity contribution in [1.29, 1.82) is 0 Å². The zero-order valence-corrected chi connectivity index (χ0v) is 9.95. The molecule has 0 saturated carbocycles. The van der Waals surface area contributed by atoms with Gasteiger partial charge in [-0.3, -0.25) is 0 Å². The molecule has 2 atom stereocenters. The molecule has 0 heterocycles. The average Bonchev–Trinajstić information content (AvgIpc) is 2.11. The summed E-state index contributed by atoms with van der Waals surface area (Å²) in [6, 6.07) is 0.193. The number of nitrogens with zero attached hydrogens (tertiary/aromatic N) is 1. The van der Waals surface area contributed by atoms with Gasteiger partial charge >= 0.3 is 5.97 Å². The number of hydrogen-bond acceptors (Lipinski definition) is 4. The molecule has 0 aromatic carbocycles. The fourth-order valence-electron chi connectivity index (χ4n) is 1.00. The van der Waals surface area contributed by atoms with Crippen molar-refractivity contribution in [2.45, 2.75) is 31.9 Å². The van der Waals surface area contributed by atoms with E-state index in [1.807, 2.05) is 21.0 Å². The Morgan fingerprint density at radius 1 is 1.53 bits per heavy atom. The van der Waals surface area contributed by atoms with E-state index in [0.29, 0.717) is 0 Å². The van der Waals surface area contributed by atoms with E-state index in [9.17, 15) is 9.90 Å². The first-order valence-corrected chi connectivity index (χ1v) is 5.09. The van der Waals surface area contributed by atoms with E-state index in [1.165, 1.54) is 6.92 Å². The van der Waals surface area contributed by atoms with E-state index in [4.69, 9.17) is 5.11 Å². The Bertz CT molecular complexity index is 205. The third-order valence-electron chi connectivity index (χ3n) is 2.26. The molecule has 0 aliphatic carbocycles. The lowest BCUT2D eigenvalue weighted by atomic mass is 10.1. The minimum atomic E-state index is -1.69. The molecule has 0 spiro atoms. The predicted octanol–water partition coefficient (Wildman–Crippen LogP) is -0.248. The van der Waals surface area contributed by atoms with Crippen LogP contribution in [0.1, 0.15) is 20.3 Å². The molecule has 0 aromatic heterocycles. The van der Waals surface area contributed by atoms with Gasteiger partial charge in [-0.05, 0) is 40.9 Å². The van der Waals surface area contributed by atoms with Crippen LogP contribution in [-0.4, -0.2) is 59.9 Å². The van der Waals surface area contributed by atoms with Crippen molar-refractivity contribution < 1.29 is 15.0 Å². The molecule has 2 unspecified atom stereocenters. The largest absolute Gasteiger partial charge is 0.479 e. The van der Waals surface area contributed by atoms with Gasteiger partial charge in [0.2, 0.25) is 0 Å². The monoisotopic (exact) mass is 218 g/mol. The normalized spacial score (nSPS) is 17.5. The van der Waals surface area contributed by atoms with Crippen LogP contribution in [0.4, 0.5) is 0 Å². The van der Waals surface area contributed by atoms with Gasteiger partial charge in [0.15, 0.2) is 5.60 Å². The Morgan fingerprint density at radius 2 is 2.07 bits per heavy atom.